The van der Waals surface area contributed by atoms with Crippen molar-refractivity contribution in [1.82, 2.24) is 9.55 Å². The maximum Gasteiger partial charge on any atom is 0.351 e. The Hall–Kier alpha value is -1.59. The number of nitrogens with zero attached hydrogens (tertiary/aromatic N) is 2. The number of alkyl halides is 1. The number of halogens is 1. The van der Waals surface area contributed by atoms with Crippen LogP contribution >= 0.6 is 0 Å². The van der Waals surface area contributed by atoms with Crippen molar-refractivity contribution in [2.75, 3.05) is 12.3 Å². The second-order valence-corrected chi connectivity index (χ2v) is 6.67. The smallest absolute Gasteiger partial charge is 0.351 e. The van der Waals surface area contributed by atoms with Gasteiger partial charge in [-0.2, -0.15) is 4.98 Å². The minimum absolute atomic E-state index is 0.00959. The van der Waals surface area contributed by atoms with Crippen molar-refractivity contribution in [2.24, 2.45) is 11.7 Å². The highest BCUT2D eigenvalue weighted by atomic mass is 19.1. The first-order valence-electron chi connectivity index (χ1n) is 7.98. The Morgan fingerprint density at radius 3 is 2.72 bits per heavy atom. The van der Waals surface area contributed by atoms with Crippen LogP contribution < -0.4 is 17.2 Å². The molecule has 2 heterocycles. The van der Waals surface area contributed by atoms with E-state index in [2.05, 4.69) is 4.98 Å². The van der Waals surface area contributed by atoms with E-state index in [1.807, 2.05) is 0 Å². The summed E-state index contributed by atoms with van der Waals surface area (Å²) in [5.41, 5.74) is 8.21. The summed E-state index contributed by atoms with van der Waals surface area (Å²) in [4.78, 5) is 15.5. The summed E-state index contributed by atoms with van der Waals surface area (Å²) in [6.07, 6.45) is -4.05. The molecule has 1 fully saturated rings. The van der Waals surface area contributed by atoms with Crippen LogP contribution in [0.15, 0.2) is 17.1 Å². The van der Waals surface area contributed by atoms with Crippen LogP contribution in [0.4, 0.5) is 10.2 Å². The molecular weight excluding hydrogens is 335 g/mol. The molecule has 0 aromatic carbocycles. The quantitative estimate of drug-likeness (QED) is 0.479. The Balaban J connectivity index is 2.30. The second kappa shape index (κ2) is 7.34. The number of aliphatic hydroxyl groups is 2. The van der Waals surface area contributed by atoms with Gasteiger partial charge in [-0.05, 0) is 18.9 Å². The van der Waals surface area contributed by atoms with Gasteiger partial charge in [-0.1, -0.05) is 13.8 Å². The minimum atomic E-state index is -2.24. The molecule has 1 aromatic heterocycles. The maximum absolute atomic E-state index is 15.4. The maximum atomic E-state index is 15.4. The summed E-state index contributed by atoms with van der Waals surface area (Å²) in [5.74, 6) is -0.125. The SMILES string of the molecule is CC(C)C(N)C(O)OC1[C@@H](CO)O[C@@H](n2ccc(N)nc2=O)C1(C)F. The fraction of sp³-hybridized carbons (Fsp3) is 0.733. The molecule has 0 saturated carbocycles. The fourth-order valence-corrected chi connectivity index (χ4v) is 2.75. The molecule has 6 atom stereocenters. The van der Waals surface area contributed by atoms with E-state index in [4.69, 9.17) is 20.9 Å². The van der Waals surface area contributed by atoms with E-state index in [0.717, 1.165) is 11.5 Å². The summed E-state index contributed by atoms with van der Waals surface area (Å²) in [5, 5.41) is 19.6. The molecule has 10 heteroatoms. The highest BCUT2D eigenvalue weighted by molar-refractivity contribution is 5.23. The molecule has 0 bridgehead atoms. The van der Waals surface area contributed by atoms with Crippen molar-refractivity contribution >= 4 is 5.82 Å². The zero-order valence-corrected chi connectivity index (χ0v) is 14.4. The van der Waals surface area contributed by atoms with Gasteiger partial charge in [0.1, 0.15) is 18.0 Å². The predicted octanol–water partition coefficient (Wildman–Crippen LogP) is -0.870. The van der Waals surface area contributed by atoms with Crippen molar-refractivity contribution in [3.63, 3.8) is 0 Å². The van der Waals surface area contributed by atoms with E-state index >= 15 is 4.39 Å². The topological polar surface area (TPSA) is 146 Å². The number of aliphatic hydroxyl groups excluding tert-OH is 2. The Kier molecular flexibility index (Phi) is 5.79. The van der Waals surface area contributed by atoms with Gasteiger partial charge in [-0.3, -0.25) is 4.57 Å². The van der Waals surface area contributed by atoms with Gasteiger partial charge in [0.05, 0.1) is 12.6 Å². The van der Waals surface area contributed by atoms with Crippen LogP contribution in [0.1, 0.15) is 27.0 Å². The molecule has 4 unspecified atom stereocenters. The molecule has 1 aromatic rings. The zero-order chi connectivity index (χ0) is 18.9. The molecule has 6 N–H and O–H groups in total. The van der Waals surface area contributed by atoms with E-state index in [1.54, 1.807) is 13.8 Å². The third kappa shape index (κ3) is 3.82. The van der Waals surface area contributed by atoms with Crippen molar-refractivity contribution in [3.8, 4) is 0 Å². The molecule has 0 amide bonds. The van der Waals surface area contributed by atoms with Crippen molar-refractivity contribution < 1.29 is 24.1 Å². The Labute approximate surface area is 144 Å². The van der Waals surface area contributed by atoms with Crippen molar-refractivity contribution in [1.29, 1.82) is 0 Å². The lowest BCUT2D eigenvalue weighted by Crippen LogP contribution is -2.50. The lowest BCUT2D eigenvalue weighted by molar-refractivity contribution is -0.190. The third-order valence-electron chi connectivity index (χ3n) is 4.35. The largest absolute Gasteiger partial charge is 0.394 e. The average Bonchev–Trinajstić information content (AvgIpc) is 2.77. The number of ether oxygens (including phenoxy) is 2. The van der Waals surface area contributed by atoms with Gasteiger partial charge in [-0.15, -0.1) is 0 Å². The monoisotopic (exact) mass is 360 g/mol. The highest BCUT2D eigenvalue weighted by Crippen LogP contribution is 2.42. The van der Waals surface area contributed by atoms with Crippen molar-refractivity contribution in [2.45, 2.75) is 57.2 Å². The van der Waals surface area contributed by atoms with Crippen LogP contribution in [0.2, 0.25) is 0 Å². The summed E-state index contributed by atoms with van der Waals surface area (Å²) in [6.45, 7) is 4.15. The van der Waals surface area contributed by atoms with E-state index < -0.39 is 48.7 Å². The molecule has 0 aliphatic carbocycles. The Morgan fingerprint density at radius 1 is 1.56 bits per heavy atom. The number of nitrogens with two attached hydrogens (primary N) is 2. The molecule has 1 aliphatic heterocycles. The molecule has 2 rings (SSSR count). The van der Waals surface area contributed by atoms with Crippen LogP contribution in [-0.2, 0) is 9.47 Å². The lowest BCUT2D eigenvalue weighted by atomic mass is 9.97. The molecule has 25 heavy (non-hydrogen) atoms. The molecule has 1 aliphatic rings. The van der Waals surface area contributed by atoms with E-state index in [1.165, 1.54) is 12.3 Å². The summed E-state index contributed by atoms with van der Waals surface area (Å²) in [6, 6.07) is 0.571. The Morgan fingerprint density at radius 2 is 2.20 bits per heavy atom. The normalized spacial score (nSPS) is 32.1. The summed E-state index contributed by atoms with van der Waals surface area (Å²) >= 11 is 0. The number of anilines is 1. The second-order valence-electron chi connectivity index (χ2n) is 6.67. The molecule has 142 valence electrons. The number of aromatic nitrogens is 2. The third-order valence-corrected chi connectivity index (χ3v) is 4.35. The number of nitrogen functional groups attached to an aromatic ring is 1. The Bertz CT molecular complexity index is 653. The van der Waals surface area contributed by atoms with Crippen LogP contribution in [0.5, 0.6) is 0 Å². The van der Waals surface area contributed by atoms with E-state index in [9.17, 15) is 15.0 Å². The van der Waals surface area contributed by atoms with Gasteiger partial charge in [0, 0.05) is 6.20 Å². The number of hydrogen-bond acceptors (Lipinski definition) is 8. The molecule has 0 radical (unpaired) electrons. The zero-order valence-electron chi connectivity index (χ0n) is 14.4. The van der Waals surface area contributed by atoms with Crippen LogP contribution in [-0.4, -0.2) is 56.6 Å². The van der Waals surface area contributed by atoms with E-state index in [0.29, 0.717) is 0 Å². The average molecular weight is 360 g/mol. The summed E-state index contributed by atoms with van der Waals surface area (Å²) < 4.78 is 27.2. The first kappa shape index (κ1) is 19.7. The first-order valence-corrected chi connectivity index (χ1v) is 7.98. The first-order chi connectivity index (χ1) is 11.6. The lowest BCUT2D eigenvalue weighted by Gasteiger charge is -2.32. The van der Waals surface area contributed by atoms with Gasteiger partial charge in [0.15, 0.2) is 18.2 Å². The van der Waals surface area contributed by atoms with Crippen LogP contribution in [0.3, 0.4) is 0 Å². The standard InChI is InChI=1S/C15H25FN4O5/c1-7(2)10(18)12(22)25-11-8(6-21)24-13(15(11,3)16)20-5-4-9(17)19-14(20)23/h4-5,7-8,10-13,21-22H,6,18H2,1-3H3,(H2,17,19,23)/t8-,10?,11?,12?,13-,15?/m1/s1. The molecule has 9 nitrogen and oxygen atoms in total. The van der Waals surface area contributed by atoms with Gasteiger partial charge in [-0.25, -0.2) is 9.18 Å². The van der Waals surface area contributed by atoms with Gasteiger partial charge < -0.3 is 31.2 Å². The van der Waals surface area contributed by atoms with Crippen LogP contribution in [0, 0.1) is 5.92 Å². The van der Waals surface area contributed by atoms with Crippen molar-refractivity contribution in [3.05, 3.63) is 22.7 Å². The molecule has 0 spiro atoms. The van der Waals surface area contributed by atoms with Crippen LogP contribution in [0.25, 0.3) is 0 Å². The molecular formula is C15H25FN4O5. The fourth-order valence-electron chi connectivity index (χ4n) is 2.75. The minimum Gasteiger partial charge on any atom is -0.394 e. The van der Waals surface area contributed by atoms with Gasteiger partial charge in [0.25, 0.3) is 0 Å². The van der Waals surface area contributed by atoms with E-state index in [-0.39, 0.29) is 11.7 Å². The van der Waals surface area contributed by atoms with Gasteiger partial charge >= 0.3 is 5.69 Å². The number of rotatable bonds is 6. The summed E-state index contributed by atoms with van der Waals surface area (Å²) in [7, 11) is 0. The number of hydrogen-bond donors (Lipinski definition) is 4. The predicted molar refractivity (Wildman–Crippen MR) is 87.1 cm³/mol. The van der Waals surface area contributed by atoms with Gasteiger partial charge in [0.2, 0.25) is 0 Å². The molecule has 1 saturated heterocycles. The highest BCUT2D eigenvalue weighted by Gasteiger charge is 2.57.